The molecule has 0 radical (unpaired) electrons. The van der Waals surface area contributed by atoms with E-state index < -0.39 is 0 Å². The van der Waals surface area contributed by atoms with Gasteiger partial charge in [0, 0.05) is 71.6 Å². The summed E-state index contributed by atoms with van der Waals surface area (Å²) < 4.78 is 15.7. The first-order valence-corrected chi connectivity index (χ1v) is 29.7. The second-order valence-electron chi connectivity index (χ2n) is 22.5. The van der Waals surface area contributed by atoms with E-state index in [1.807, 2.05) is 36.4 Å². The van der Waals surface area contributed by atoms with Gasteiger partial charge < -0.3 is 13.4 Å². The first-order valence-electron chi connectivity index (χ1n) is 29.7. The maximum absolute atomic E-state index is 6.51. The van der Waals surface area contributed by atoms with Crippen molar-refractivity contribution in [3.05, 3.63) is 303 Å². The van der Waals surface area contributed by atoms with Crippen molar-refractivity contribution in [3.63, 3.8) is 0 Å². The Hall–Kier alpha value is -11.5. The van der Waals surface area contributed by atoms with E-state index in [0.717, 1.165) is 156 Å². The molecule has 0 saturated heterocycles. The number of allylic oxidation sites excluding steroid dienone is 4. The van der Waals surface area contributed by atoms with Gasteiger partial charge in [0.1, 0.15) is 22.3 Å². The van der Waals surface area contributed by atoms with Gasteiger partial charge in [-0.05, 0) is 124 Å². The highest BCUT2D eigenvalue weighted by Gasteiger charge is 2.29. The van der Waals surface area contributed by atoms with Crippen LogP contribution < -0.4 is 0 Å². The normalized spacial score (nSPS) is 13.3. The molecule has 0 saturated carbocycles. The summed E-state index contributed by atoms with van der Waals surface area (Å²) in [4.78, 5) is 16.4. The fourth-order valence-electron chi connectivity index (χ4n) is 13.2. The van der Waals surface area contributed by atoms with Crippen LogP contribution in [0.25, 0.3) is 161 Å². The highest BCUT2D eigenvalue weighted by molar-refractivity contribution is 6.20. The van der Waals surface area contributed by atoms with Gasteiger partial charge >= 0.3 is 0 Å². The lowest BCUT2D eigenvalue weighted by molar-refractivity contribution is 0.668. The summed E-state index contributed by atoms with van der Waals surface area (Å²) in [6.07, 6.45) is 9.80. The monoisotopic (exact) mass is 1110 g/mol. The average Bonchev–Trinajstić information content (AvgIpc) is 1.64. The number of nitrogens with zero attached hydrogens (tertiary/aromatic N) is 4. The predicted molar refractivity (Wildman–Crippen MR) is 358 cm³/mol. The van der Waals surface area contributed by atoms with Gasteiger partial charge in [0.25, 0.3) is 0 Å². The molecule has 17 rings (SSSR count). The molecule has 0 fully saturated rings. The van der Waals surface area contributed by atoms with E-state index in [2.05, 4.69) is 265 Å². The van der Waals surface area contributed by atoms with Crippen molar-refractivity contribution >= 4 is 65.7 Å². The first-order chi connectivity index (χ1) is 43.1. The van der Waals surface area contributed by atoms with Gasteiger partial charge in [-0.2, -0.15) is 0 Å². The molecule has 408 valence electrons. The van der Waals surface area contributed by atoms with Crippen LogP contribution in [0.15, 0.2) is 306 Å². The van der Waals surface area contributed by atoms with Crippen molar-refractivity contribution in [2.24, 2.45) is 0 Å². The topological polar surface area (TPSA) is 69.9 Å². The molecule has 16 aromatic rings. The molecule has 1 aliphatic carbocycles. The Morgan fingerprint density at radius 1 is 0.299 bits per heavy atom. The van der Waals surface area contributed by atoms with Crippen LogP contribution in [0.5, 0.6) is 0 Å². The van der Waals surface area contributed by atoms with E-state index in [9.17, 15) is 0 Å². The third kappa shape index (κ3) is 8.68. The smallest absolute Gasteiger partial charge is 0.164 e. The summed E-state index contributed by atoms with van der Waals surface area (Å²) in [5.41, 5.74) is 21.3. The quantitative estimate of drug-likeness (QED) is 0.136. The molecule has 0 amide bonds. The Bertz CT molecular complexity index is 5140. The molecule has 12 aromatic carbocycles. The molecule has 0 spiro atoms. The zero-order chi connectivity index (χ0) is 57.4. The van der Waals surface area contributed by atoms with Crippen LogP contribution in [-0.4, -0.2) is 19.5 Å². The summed E-state index contributed by atoms with van der Waals surface area (Å²) in [6, 6.07) is 97.6. The van der Waals surface area contributed by atoms with Crippen LogP contribution in [0.3, 0.4) is 0 Å². The van der Waals surface area contributed by atoms with E-state index in [0.29, 0.717) is 17.5 Å². The van der Waals surface area contributed by atoms with E-state index in [4.69, 9.17) is 23.8 Å². The van der Waals surface area contributed by atoms with Crippen LogP contribution in [0.2, 0.25) is 0 Å². The van der Waals surface area contributed by atoms with Gasteiger partial charge in [-0.3, -0.25) is 0 Å². The van der Waals surface area contributed by atoms with Crippen LogP contribution in [-0.2, 0) is 0 Å². The molecule has 0 aliphatic heterocycles. The highest BCUT2D eigenvalue weighted by atomic mass is 16.3. The summed E-state index contributed by atoms with van der Waals surface area (Å²) in [7, 11) is 0. The van der Waals surface area contributed by atoms with Crippen molar-refractivity contribution in [3.8, 4) is 95.5 Å². The van der Waals surface area contributed by atoms with E-state index in [-0.39, 0.29) is 5.92 Å². The van der Waals surface area contributed by atoms with Crippen molar-refractivity contribution < 1.29 is 8.83 Å². The van der Waals surface area contributed by atoms with Crippen LogP contribution >= 0.6 is 0 Å². The third-order valence-electron chi connectivity index (χ3n) is 17.3. The average molecular weight is 1110 g/mol. The SMILES string of the molecule is C1=CCC(c2cc(-c3nc(-c4ccc5c(c4)oc4ccccc45)nc(-c4ccc5c(c4)oc4ccccc45)n3)cc(-c3ccccc3)c2-n2c3c(-c4ccccc4)cc(-c4ccccc4)cc3c3cc(-c4ccccc4)cc(-c4ccccc4)c32)C=C1. The molecule has 4 heterocycles. The second-order valence-corrected chi connectivity index (χ2v) is 22.5. The molecule has 87 heavy (non-hydrogen) atoms. The summed E-state index contributed by atoms with van der Waals surface area (Å²) in [5, 5.41) is 6.50. The second kappa shape index (κ2) is 20.7. The maximum atomic E-state index is 6.51. The number of para-hydroxylation sites is 2. The van der Waals surface area contributed by atoms with Crippen molar-refractivity contribution in [1.29, 1.82) is 0 Å². The molecular weight excluding hydrogens is 1060 g/mol. The van der Waals surface area contributed by atoms with Crippen molar-refractivity contribution in [2.75, 3.05) is 0 Å². The van der Waals surface area contributed by atoms with E-state index in [1.165, 1.54) is 0 Å². The number of aromatic nitrogens is 4. The molecule has 0 bridgehead atoms. The minimum atomic E-state index is -0.0424. The molecule has 0 N–H and O–H groups in total. The van der Waals surface area contributed by atoms with Crippen molar-refractivity contribution in [1.82, 2.24) is 19.5 Å². The lowest BCUT2D eigenvalue weighted by Crippen LogP contribution is -2.09. The Labute approximate surface area is 502 Å². The standard InChI is InChI=1S/C81H52N4O2/c1-7-23-51(24-8-1)59-43-66(53-27-11-3-12-28-53)77-70(45-59)71-46-60(52-25-9-2-10-26-52)44-67(54-29-13-4-14-30-54)78(71)85(77)76-68(55-31-15-5-16-32-55)47-61(48-69(76)56-33-17-6-18-34-56)81-83-79(57-39-41-64-62-35-19-21-37-72(62)86-74(64)49-57)82-80(84-81)58-40-42-65-63-36-20-22-38-73(63)87-75(65)50-58/h1-33,35-50,56H,34H2. The number of furan rings is 2. The summed E-state index contributed by atoms with van der Waals surface area (Å²) >= 11 is 0. The Morgan fingerprint density at radius 2 is 0.701 bits per heavy atom. The minimum absolute atomic E-state index is 0.0424. The molecular formula is C81H52N4O2. The zero-order valence-electron chi connectivity index (χ0n) is 47.2. The van der Waals surface area contributed by atoms with Gasteiger partial charge in [0.2, 0.25) is 0 Å². The third-order valence-corrected chi connectivity index (χ3v) is 17.3. The molecule has 6 heteroatoms. The Morgan fingerprint density at radius 3 is 1.16 bits per heavy atom. The highest BCUT2D eigenvalue weighted by Crippen LogP contribution is 2.50. The van der Waals surface area contributed by atoms with Gasteiger partial charge in [-0.25, -0.2) is 15.0 Å². The molecule has 1 aliphatic rings. The van der Waals surface area contributed by atoms with Gasteiger partial charge in [0.15, 0.2) is 17.5 Å². The zero-order valence-corrected chi connectivity index (χ0v) is 47.2. The lowest BCUT2D eigenvalue weighted by atomic mass is 9.86. The summed E-state index contributed by atoms with van der Waals surface area (Å²) in [5.74, 6) is 1.56. The first kappa shape index (κ1) is 50.1. The fourth-order valence-corrected chi connectivity index (χ4v) is 13.2. The molecule has 6 nitrogen and oxygen atoms in total. The number of hydrogen-bond acceptors (Lipinski definition) is 5. The molecule has 4 aromatic heterocycles. The van der Waals surface area contributed by atoms with Crippen molar-refractivity contribution in [2.45, 2.75) is 12.3 Å². The van der Waals surface area contributed by atoms with E-state index in [1.54, 1.807) is 0 Å². The van der Waals surface area contributed by atoms with E-state index >= 15 is 0 Å². The van der Waals surface area contributed by atoms with Crippen LogP contribution in [0, 0.1) is 0 Å². The Balaban J connectivity index is 1.00. The minimum Gasteiger partial charge on any atom is -0.456 e. The number of fused-ring (bicyclic) bond motifs is 9. The van der Waals surface area contributed by atoms with Crippen LogP contribution in [0.1, 0.15) is 17.9 Å². The molecule has 1 atom stereocenters. The van der Waals surface area contributed by atoms with Gasteiger partial charge in [0.05, 0.1) is 16.7 Å². The molecule has 1 unspecified atom stereocenters. The predicted octanol–water partition coefficient (Wildman–Crippen LogP) is 21.7. The van der Waals surface area contributed by atoms with Crippen LogP contribution in [0.4, 0.5) is 0 Å². The van der Waals surface area contributed by atoms with Gasteiger partial charge in [-0.1, -0.05) is 224 Å². The maximum Gasteiger partial charge on any atom is 0.164 e. The summed E-state index contributed by atoms with van der Waals surface area (Å²) in [6.45, 7) is 0. The Kier molecular flexibility index (Phi) is 11.9. The van der Waals surface area contributed by atoms with Gasteiger partial charge in [-0.15, -0.1) is 0 Å². The lowest BCUT2D eigenvalue weighted by Gasteiger charge is -2.26. The fraction of sp³-hybridized carbons (Fsp3) is 0.0247. The number of rotatable bonds is 10. The number of benzene rings is 12. The number of hydrogen-bond donors (Lipinski definition) is 0. The largest absolute Gasteiger partial charge is 0.456 e.